The second-order valence-corrected chi connectivity index (χ2v) is 3.52. The van der Waals surface area contributed by atoms with E-state index in [0.29, 0.717) is 5.56 Å². The smallest absolute Gasteiger partial charge is 0.150 e. The Bertz CT molecular complexity index is 293. The highest BCUT2D eigenvalue weighted by atomic mass is 16.1. The number of nitrogens with one attached hydrogen (secondary N) is 1. The molecule has 76 valence electrons. The number of hydrogen-bond donors (Lipinski definition) is 1. The molecular formula is C11H16N2O. The number of rotatable bonds is 4. The summed E-state index contributed by atoms with van der Waals surface area (Å²) in [5.41, 5.74) is 1.73. The zero-order valence-electron chi connectivity index (χ0n) is 8.82. The van der Waals surface area contributed by atoms with Crippen LogP contribution in [-0.4, -0.2) is 31.4 Å². The average Bonchev–Trinajstić information content (AvgIpc) is 2.19. The van der Waals surface area contributed by atoms with E-state index in [4.69, 9.17) is 0 Å². The Morgan fingerprint density at radius 1 is 1.29 bits per heavy atom. The van der Waals surface area contributed by atoms with Crippen LogP contribution in [0, 0.1) is 0 Å². The van der Waals surface area contributed by atoms with Gasteiger partial charge in [-0.1, -0.05) is 0 Å². The van der Waals surface area contributed by atoms with Gasteiger partial charge in [0.25, 0.3) is 0 Å². The largest absolute Gasteiger partial charge is 0.370 e. The van der Waals surface area contributed by atoms with E-state index in [1.807, 2.05) is 26.2 Å². The van der Waals surface area contributed by atoms with Gasteiger partial charge in [0, 0.05) is 11.3 Å². The summed E-state index contributed by atoms with van der Waals surface area (Å²) in [6.45, 7) is 2.08. The molecule has 0 spiro atoms. The van der Waals surface area contributed by atoms with Crippen molar-refractivity contribution in [2.45, 2.75) is 13.1 Å². The molecule has 3 nitrogen and oxygen atoms in total. The van der Waals surface area contributed by atoms with Gasteiger partial charge in [-0.05, 0) is 45.3 Å². The Kier molecular flexibility index (Phi) is 3.65. The quantitative estimate of drug-likeness (QED) is 0.583. The Balaban J connectivity index is 2.64. The first kappa shape index (κ1) is 10.7. The van der Waals surface area contributed by atoms with Crippen molar-refractivity contribution < 1.29 is 4.79 Å². The molecule has 1 rings (SSSR count). The molecule has 1 atom stereocenters. The summed E-state index contributed by atoms with van der Waals surface area (Å²) in [6.07, 6.45) is 1.12. The first-order valence-corrected chi connectivity index (χ1v) is 4.61. The van der Waals surface area contributed by atoms with Crippen LogP contribution in [-0.2, 0) is 0 Å². The van der Waals surface area contributed by atoms with Crippen molar-refractivity contribution in [3.05, 3.63) is 29.8 Å². The lowest BCUT2D eigenvalue weighted by Crippen LogP contribution is -2.31. The van der Waals surface area contributed by atoms with Gasteiger partial charge < -0.3 is 5.32 Å². The van der Waals surface area contributed by atoms with Crippen molar-refractivity contribution in [3.8, 4) is 0 Å². The number of carbonyl (C=O) groups excluding carboxylic acids is 1. The van der Waals surface area contributed by atoms with Gasteiger partial charge >= 0.3 is 0 Å². The molecule has 0 amide bonds. The molecule has 0 aliphatic heterocycles. The highest BCUT2D eigenvalue weighted by Crippen LogP contribution is 2.09. The normalized spacial score (nSPS) is 12.6. The highest BCUT2D eigenvalue weighted by molar-refractivity contribution is 5.75. The third kappa shape index (κ3) is 2.85. The fraction of sp³-hybridized carbons (Fsp3) is 0.364. The topological polar surface area (TPSA) is 32.3 Å². The fourth-order valence-corrected chi connectivity index (χ4v) is 1.03. The minimum Gasteiger partial charge on any atom is -0.370 e. The Hall–Kier alpha value is -1.35. The van der Waals surface area contributed by atoms with Gasteiger partial charge in [0.1, 0.15) is 6.29 Å². The highest BCUT2D eigenvalue weighted by Gasteiger charge is 2.02. The summed E-state index contributed by atoms with van der Waals surface area (Å²) in [5.74, 6) is 0. The van der Waals surface area contributed by atoms with E-state index in [9.17, 15) is 4.79 Å². The van der Waals surface area contributed by atoms with Gasteiger partial charge in [0.2, 0.25) is 0 Å². The molecule has 0 bridgehead atoms. The third-order valence-electron chi connectivity index (χ3n) is 2.20. The van der Waals surface area contributed by atoms with E-state index in [1.54, 1.807) is 12.1 Å². The molecule has 0 aliphatic carbocycles. The molecule has 1 N–H and O–H groups in total. The molecule has 3 heteroatoms. The van der Waals surface area contributed by atoms with Crippen LogP contribution < -0.4 is 5.32 Å². The van der Waals surface area contributed by atoms with Crippen molar-refractivity contribution in [2.24, 2.45) is 0 Å². The number of hydrogen-bond acceptors (Lipinski definition) is 3. The molecule has 0 fully saturated rings. The van der Waals surface area contributed by atoms with Crippen molar-refractivity contribution in [3.63, 3.8) is 0 Å². The van der Waals surface area contributed by atoms with Crippen molar-refractivity contribution in [2.75, 3.05) is 19.4 Å². The van der Waals surface area contributed by atoms with Crippen LogP contribution in [0.2, 0.25) is 0 Å². The minimum absolute atomic E-state index is 0.275. The van der Waals surface area contributed by atoms with Gasteiger partial charge in [0.05, 0.1) is 6.17 Å². The average molecular weight is 192 g/mol. The molecule has 1 unspecified atom stereocenters. The van der Waals surface area contributed by atoms with Crippen molar-refractivity contribution >= 4 is 12.0 Å². The Morgan fingerprint density at radius 2 is 1.86 bits per heavy atom. The van der Waals surface area contributed by atoms with Crippen LogP contribution in [0.3, 0.4) is 0 Å². The molecule has 14 heavy (non-hydrogen) atoms. The van der Waals surface area contributed by atoms with Crippen LogP contribution in [0.5, 0.6) is 0 Å². The molecule has 0 saturated heterocycles. The van der Waals surface area contributed by atoms with Crippen molar-refractivity contribution in [1.82, 2.24) is 4.90 Å². The van der Waals surface area contributed by atoms with Crippen LogP contribution in [0.4, 0.5) is 5.69 Å². The molecule has 1 aromatic carbocycles. The number of anilines is 1. The number of carbonyl (C=O) groups is 1. The SMILES string of the molecule is CC(Nc1ccc(C=O)cc1)N(C)C. The summed E-state index contributed by atoms with van der Waals surface area (Å²) in [7, 11) is 4.02. The second kappa shape index (κ2) is 4.77. The summed E-state index contributed by atoms with van der Waals surface area (Å²) in [4.78, 5) is 12.5. The van der Waals surface area contributed by atoms with Crippen LogP contribution >= 0.6 is 0 Å². The molecule has 0 saturated carbocycles. The summed E-state index contributed by atoms with van der Waals surface area (Å²) in [6, 6.07) is 7.42. The number of nitrogens with zero attached hydrogens (tertiary/aromatic N) is 1. The van der Waals surface area contributed by atoms with E-state index < -0.39 is 0 Å². The first-order chi connectivity index (χ1) is 6.63. The lowest BCUT2D eigenvalue weighted by atomic mass is 10.2. The maximum absolute atomic E-state index is 10.4. The standard InChI is InChI=1S/C11H16N2O/c1-9(13(2)3)12-11-6-4-10(8-14)5-7-11/h4-9,12H,1-3H3. The molecule has 1 aromatic rings. The van der Waals surface area contributed by atoms with Gasteiger partial charge in [-0.3, -0.25) is 9.69 Å². The molecule has 0 aliphatic rings. The lowest BCUT2D eigenvalue weighted by Gasteiger charge is -2.22. The summed E-state index contributed by atoms with van der Waals surface area (Å²) >= 11 is 0. The Morgan fingerprint density at radius 3 is 2.29 bits per heavy atom. The van der Waals surface area contributed by atoms with E-state index in [0.717, 1.165) is 12.0 Å². The lowest BCUT2D eigenvalue weighted by molar-refractivity contribution is 0.112. The third-order valence-corrected chi connectivity index (χ3v) is 2.20. The second-order valence-electron chi connectivity index (χ2n) is 3.52. The number of benzene rings is 1. The van der Waals surface area contributed by atoms with E-state index in [-0.39, 0.29) is 6.17 Å². The summed E-state index contributed by atoms with van der Waals surface area (Å²) in [5, 5.41) is 3.30. The monoisotopic (exact) mass is 192 g/mol. The summed E-state index contributed by atoms with van der Waals surface area (Å²) < 4.78 is 0. The molecule has 0 heterocycles. The van der Waals surface area contributed by atoms with E-state index >= 15 is 0 Å². The van der Waals surface area contributed by atoms with Crippen LogP contribution in [0.25, 0.3) is 0 Å². The molecule has 0 aromatic heterocycles. The fourth-order valence-electron chi connectivity index (χ4n) is 1.03. The maximum atomic E-state index is 10.4. The van der Waals surface area contributed by atoms with Gasteiger partial charge in [-0.2, -0.15) is 0 Å². The molecular weight excluding hydrogens is 176 g/mol. The first-order valence-electron chi connectivity index (χ1n) is 4.61. The minimum atomic E-state index is 0.275. The van der Waals surface area contributed by atoms with E-state index in [2.05, 4.69) is 17.1 Å². The van der Waals surface area contributed by atoms with E-state index in [1.165, 1.54) is 0 Å². The van der Waals surface area contributed by atoms with Gasteiger partial charge in [0.15, 0.2) is 0 Å². The predicted molar refractivity (Wildman–Crippen MR) is 58.6 cm³/mol. The van der Waals surface area contributed by atoms with Gasteiger partial charge in [-0.15, -0.1) is 0 Å². The Labute approximate surface area is 84.7 Å². The maximum Gasteiger partial charge on any atom is 0.150 e. The van der Waals surface area contributed by atoms with Crippen LogP contribution in [0.15, 0.2) is 24.3 Å². The number of aldehydes is 1. The predicted octanol–water partition coefficient (Wildman–Crippen LogP) is 1.82. The van der Waals surface area contributed by atoms with Crippen LogP contribution in [0.1, 0.15) is 17.3 Å². The zero-order chi connectivity index (χ0) is 10.6. The molecule has 0 radical (unpaired) electrons. The zero-order valence-corrected chi connectivity index (χ0v) is 8.82. The van der Waals surface area contributed by atoms with Crippen molar-refractivity contribution in [1.29, 1.82) is 0 Å². The van der Waals surface area contributed by atoms with Gasteiger partial charge in [-0.25, -0.2) is 0 Å².